The number of carbonyl (C=O) groups excluding carboxylic acids is 1. The Bertz CT molecular complexity index is 1090. The first-order chi connectivity index (χ1) is 15.7. The molecule has 3 aromatic rings. The Labute approximate surface area is 188 Å². The van der Waals surface area contributed by atoms with Gasteiger partial charge in [-0.15, -0.1) is 0 Å². The smallest absolute Gasteiger partial charge is 0.168 e. The van der Waals surface area contributed by atoms with Gasteiger partial charge in [-0.2, -0.15) is 0 Å². The van der Waals surface area contributed by atoms with Crippen LogP contribution >= 0.6 is 0 Å². The molecule has 0 saturated carbocycles. The number of hydrogen-bond donors (Lipinski definition) is 2. The molecule has 32 heavy (non-hydrogen) atoms. The highest BCUT2D eigenvalue weighted by atomic mass is 16.5. The fraction of sp³-hybridized carbons (Fsp3) is 0.385. The molecule has 2 fully saturated rings. The van der Waals surface area contributed by atoms with Crippen molar-refractivity contribution in [3.8, 4) is 5.75 Å². The first kappa shape index (κ1) is 21.1. The van der Waals surface area contributed by atoms with Crippen LogP contribution in [0.15, 0.2) is 60.9 Å². The van der Waals surface area contributed by atoms with Crippen molar-refractivity contribution < 1.29 is 9.53 Å². The van der Waals surface area contributed by atoms with E-state index in [9.17, 15) is 4.79 Å². The van der Waals surface area contributed by atoms with E-state index in [1.807, 2.05) is 18.2 Å². The molecule has 3 heterocycles. The van der Waals surface area contributed by atoms with Crippen LogP contribution in [0.3, 0.4) is 0 Å². The zero-order valence-electron chi connectivity index (χ0n) is 18.5. The summed E-state index contributed by atoms with van der Waals surface area (Å²) in [6, 6.07) is 16.8. The molecule has 2 aliphatic heterocycles. The number of rotatable bonds is 6. The third-order valence-corrected chi connectivity index (χ3v) is 6.84. The number of nitrogens with one attached hydrogen (secondary N) is 2. The number of ether oxygens (including phenoxy) is 1. The Hall–Kier alpha value is -2.80. The minimum Gasteiger partial charge on any atom is -0.497 e. The normalized spacial score (nSPS) is 24.0. The van der Waals surface area contributed by atoms with Gasteiger partial charge in [-0.1, -0.05) is 18.2 Å². The molecule has 6 nitrogen and oxygen atoms in total. The fourth-order valence-corrected chi connectivity index (χ4v) is 5.14. The SMILES string of the molecule is COc1ccc2cc(C3NNCC3CN3CCCC(C(=O)c4cccnc4)C3)ccc2c1. The van der Waals surface area contributed by atoms with Gasteiger partial charge in [0.25, 0.3) is 0 Å². The van der Waals surface area contributed by atoms with E-state index in [0.717, 1.165) is 50.3 Å². The van der Waals surface area contributed by atoms with Gasteiger partial charge in [0, 0.05) is 49.4 Å². The largest absolute Gasteiger partial charge is 0.497 e. The van der Waals surface area contributed by atoms with Crippen LogP contribution in [-0.4, -0.2) is 49.0 Å². The molecule has 5 rings (SSSR count). The molecular weight excluding hydrogens is 400 g/mol. The van der Waals surface area contributed by atoms with E-state index in [2.05, 4.69) is 51.1 Å². The molecule has 1 aromatic heterocycles. The van der Waals surface area contributed by atoms with Crippen molar-refractivity contribution >= 4 is 16.6 Å². The van der Waals surface area contributed by atoms with Crippen LogP contribution in [0.1, 0.15) is 34.8 Å². The minimum atomic E-state index is 0.0596. The van der Waals surface area contributed by atoms with E-state index in [0.29, 0.717) is 5.92 Å². The summed E-state index contributed by atoms with van der Waals surface area (Å²) in [4.78, 5) is 19.5. The van der Waals surface area contributed by atoms with Gasteiger partial charge in [0.1, 0.15) is 5.75 Å². The first-order valence-corrected chi connectivity index (χ1v) is 11.4. The lowest BCUT2D eigenvalue weighted by Crippen LogP contribution is -2.42. The van der Waals surface area contributed by atoms with Crippen LogP contribution in [0.4, 0.5) is 0 Å². The van der Waals surface area contributed by atoms with Crippen molar-refractivity contribution in [2.24, 2.45) is 11.8 Å². The Kier molecular flexibility index (Phi) is 6.17. The average Bonchev–Trinajstić information content (AvgIpc) is 3.31. The standard InChI is InChI=1S/C26H30N4O2/c1-32-24-9-8-18-12-20(7-6-19(18)13-24)25-23(15-28-29-25)17-30-11-3-5-22(16-30)26(31)21-4-2-10-27-14-21/h2,4,6-10,12-14,22-23,25,28-29H,3,5,11,15-17H2,1H3. The van der Waals surface area contributed by atoms with Gasteiger partial charge in [-0.05, 0) is 66.1 Å². The topological polar surface area (TPSA) is 66.5 Å². The molecule has 0 aliphatic carbocycles. The Morgan fingerprint density at radius 2 is 2.06 bits per heavy atom. The van der Waals surface area contributed by atoms with E-state index in [-0.39, 0.29) is 17.7 Å². The van der Waals surface area contributed by atoms with Gasteiger partial charge in [-0.3, -0.25) is 15.2 Å². The number of nitrogens with zero attached hydrogens (tertiary/aromatic N) is 2. The molecule has 2 saturated heterocycles. The van der Waals surface area contributed by atoms with Crippen molar-refractivity contribution in [1.29, 1.82) is 0 Å². The van der Waals surface area contributed by atoms with Crippen LogP contribution < -0.4 is 15.6 Å². The van der Waals surface area contributed by atoms with Crippen LogP contribution in [0.25, 0.3) is 10.8 Å². The van der Waals surface area contributed by atoms with Gasteiger partial charge in [0.05, 0.1) is 13.2 Å². The molecule has 0 amide bonds. The Morgan fingerprint density at radius 3 is 2.91 bits per heavy atom. The Morgan fingerprint density at radius 1 is 1.19 bits per heavy atom. The monoisotopic (exact) mass is 430 g/mol. The third kappa shape index (κ3) is 4.39. The number of likely N-dealkylation sites (tertiary alicyclic amines) is 1. The number of ketones is 1. The summed E-state index contributed by atoms with van der Waals surface area (Å²) in [5.74, 6) is 1.61. The second-order valence-corrected chi connectivity index (χ2v) is 8.94. The summed E-state index contributed by atoms with van der Waals surface area (Å²) in [5, 5.41) is 2.40. The summed E-state index contributed by atoms with van der Waals surface area (Å²) in [6.45, 7) is 3.77. The quantitative estimate of drug-likeness (QED) is 0.583. The Balaban J connectivity index is 1.27. The molecule has 166 valence electrons. The van der Waals surface area contributed by atoms with E-state index < -0.39 is 0 Å². The van der Waals surface area contributed by atoms with Gasteiger partial charge >= 0.3 is 0 Å². The molecule has 3 unspecified atom stereocenters. The number of pyridine rings is 1. The molecule has 2 N–H and O–H groups in total. The molecule has 2 aromatic carbocycles. The zero-order chi connectivity index (χ0) is 21.9. The number of fused-ring (bicyclic) bond motifs is 1. The lowest BCUT2D eigenvalue weighted by Gasteiger charge is -2.34. The summed E-state index contributed by atoms with van der Waals surface area (Å²) in [7, 11) is 1.70. The third-order valence-electron chi connectivity index (χ3n) is 6.84. The lowest BCUT2D eigenvalue weighted by molar-refractivity contribution is 0.0798. The predicted octanol–water partition coefficient (Wildman–Crippen LogP) is 3.60. The number of benzene rings is 2. The van der Waals surface area contributed by atoms with Crippen molar-refractivity contribution in [1.82, 2.24) is 20.7 Å². The van der Waals surface area contributed by atoms with Gasteiger partial charge in [0.15, 0.2) is 5.78 Å². The first-order valence-electron chi connectivity index (χ1n) is 11.4. The van der Waals surface area contributed by atoms with E-state index in [4.69, 9.17) is 4.74 Å². The van der Waals surface area contributed by atoms with Crippen LogP contribution in [0, 0.1) is 11.8 Å². The summed E-state index contributed by atoms with van der Waals surface area (Å²) >= 11 is 0. The number of methoxy groups -OCH3 is 1. The minimum absolute atomic E-state index is 0.0596. The van der Waals surface area contributed by atoms with Gasteiger partial charge in [-0.25, -0.2) is 5.43 Å². The summed E-state index contributed by atoms with van der Waals surface area (Å²) in [5.41, 5.74) is 8.87. The zero-order valence-corrected chi connectivity index (χ0v) is 18.5. The average molecular weight is 431 g/mol. The number of Topliss-reactive ketones (excluding diaryl/α,β-unsaturated/α-hetero) is 1. The summed E-state index contributed by atoms with van der Waals surface area (Å²) in [6.07, 6.45) is 5.43. The van der Waals surface area contributed by atoms with E-state index in [1.165, 1.54) is 16.3 Å². The van der Waals surface area contributed by atoms with Crippen LogP contribution in [0.5, 0.6) is 5.75 Å². The maximum atomic E-state index is 12.9. The van der Waals surface area contributed by atoms with E-state index >= 15 is 0 Å². The van der Waals surface area contributed by atoms with E-state index in [1.54, 1.807) is 19.5 Å². The molecule has 0 spiro atoms. The fourth-order valence-electron chi connectivity index (χ4n) is 5.14. The summed E-state index contributed by atoms with van der Waals surface area (Å²) < 4.78 is 5.35. The van der Waals surface area contributed by atoms with Crippen LogP contribution in [0.2, 0.25) is 0 Å². The van der Waals surface area contributed by atoms with Gasteiger partial charge < -0.3 is 9.64 Å². The number of hydrogen-bond acceptors (Lipinski definition) is 6. The predicted molar refractivity (Wildman–Crippen MR) is 126 cm³/mol. The molecule has 6 heteroatoms. The number of carbonyl (C=O) groups is 1. The van der Waals surface area contributed by atoms with Crippen molar-refractivity contribution in [2.75, 3.05) is 33.3 Å². The number of hydrazine groups is 1. The molecule has 3 atom stereocenters. The van der Waals surface area contributed by atoms with Crippen molar-refractivity contribution in [3.05, 3.63) is 72.1 Å². The molecule has 0 bridgehead atoms. The second-order valence-electron chi connectivity index (χ2n) is 8.94. The second kappa shape index (κ2) is 9.36. The highest BCUT2D eigenvalue weighted by Gasteiger charge is 2.33. The lowest BCUT2D eigenvalue weighted by atomic mass is 9.88. The van der Waals surface area contributed by atoms with Crippen molar-refractivity contribution in [2.45, 2.75) is 18.9 Å². The molecular formula is C26H30N4O2. The van der Waals surface area contributed by atoms with Crippen LogP contribution in [-0.2, 0) is 0 Å². The highest BCUT2D eigenvalue weighted by Crippen LogP contribution is 2.31. The molecule has 2 aliphatic rings. The van der Waals surface area contributed by atoms with Crippen molar-refractivity contribution in [3.63, 3.8) is 0 Å². The molecule has 0 radical (unpaired) electrons. The van der Waals surface area contributed by atoms with Gasteiger partial charge in [0.2, 0.25) is 0 Å². The number of piperidine rings is 1. The maximum absolute atomic E-state index is 12.9. The highest BCUT2D eigenvalue weighted by molar-refractivity contribution is 5.97. The maximum Gasteiger partial charge on any atom is 0.168 e. The number of aromatic nitrogens is 1.